The fourth-order valence-electron chi connectivity index (χ4n) is 3.65. The van der Waals surface area contributed by atoms with E-state index in [0.717, 1.165) is 28.1 Å². The van der Waals surface area contributed by atoms with Crippen molar-refractivity contribution >= 4 is 11.6 Å². The summed E-state index contributed by atoms with van der Waals surface area (Å²) >= 11 is 0. The summed E-state index contributed by atoms with van der Waals surface area (Å²) in [6.07, 6.45) is 2.90. The normalized spacial score (nSPS) is 13.9. The molecule has 1 N–H and O–H groups in total. The lowest BCUT2D eigenvalue weighted by Crippen LogP contribution is -2.19. The van der Waals surface area contributed by atoms with Gasteiger partial charge in [-0.3, -0.25) is 9.59 Å². The molecule has 2 heterocycles. The quantitative estimate of drug-likeness (QED) is 0.758. The maximum absolute atomic E-state index is 11.8. The van der Waals surface area contributed by atoms with E-state index in [2.05, 4.69) is 17.5 Å². The van der Waals surface area contributed by atoms with Crippen LogP contribution < -0.4 is 10.7 Å². The van der Waals surface area contributed by atoms with E-state index in [9.17, 15) is 14.9 Å². The average molecular weight is 369 g/mol. The fourth-order valence-corrected chi connectivity index (χ4v) is 3.65. The number of anilines is 1. The van der Waals surface area contributed by atoms with Crippen LogP contribution in [0.25, 0.3) is 16.8 Å². The Morgan fingerprint density at radius 2 is 1.89 bits per heavy atom. The van der Waals surface area contributed by atoms with Crippen LogP contribution in [0.1, 0.15) is 30.5 Å². The number of benzene rings is 2. The third-order valence-electron chi connectivity index (χ3n) is 5.08. The monoisotopic (exact) mass is 369 g/mol. The topological polar surface area (TPSA) is 74.9 Å². The molecule has 1 atom stereocenters. The van der Waals surface area contributed by atoms with Crippen LogP contribution in [0.4, 0.5) is 5.69 Å². The molecule has 28 heavy (non-hydrogen) atoms. The molecule has 2 aromatic carbocycles. The number of rotatable bonds is 3. The van der Waals surface area contributed by atoms with Crippen LogP contribution in [0.5, 0.6) is 0 Å². The number of carbonyl (C=O) groups excluding carboxylic acids is 1. The second kappa shape index (κ2) is 7.16. The molecule has 138 valence electrons. The summed E-state index contributed by atoms with van der Waals surface area (Å²) < 4.78 is 1.88. The van der Waals surface area contributed by atoms with E-state index in [4.69, 9.17) is 0 Å². The Hall–Kier alpha value is -3.65. The van der Waals surface area contributed by atoms with Gasteiger partial charge in [0.15, 0.2) is 5.43 Å². The van der Waals surface area contributed by atoms with Gasteiger partial charge in [0, 0.05) is 41.8 Å². The highest BCUT2D eigenvalue weighted by molar-refractivity contribution is 5.95. The van der Waals surface area contributed by atoms with Crippen molar-refractivity contribution in [3.63, 3.8) is 0 Å². The fraction of sp³-hybridized carbons (Fsp3) is 0.174. The SMILES string of the molecule is CC(C#N)c1cc(=O)ccn1-c1cccc(-c2cccc3c2CCC(=O)N3)c1. The van der Waals surface area contributed by atoms with Gasteiger partial charge in [0.05, 0.1) is 12.0 Å². The maximum Gasteiger partial charge on any atom is 0.224 e. The Kier molecular flexibility index (Phi) is 4.54. The first-order valence-corrected chi connectivity index (χ1v) is 9.21. The van der Waals surface area contributed by atoms with Crippen LogP contribution in [0.3, 0.4) is 0 Å². The van der Waals surface area contributed by atoms with Gasteiger partial charge < -0.3 is 9.88 Å². The largest absolute Gasteiger partial charge is 0.326 e. The van der Waals surface area contributed by atoms with E-state index in [0.29, 0.717) is 18.5 Å². The van der Waals surface area contributed by atoms with Gasteiger partial charge in [-0.05, 0) is 48.2 Å². The van der Waals surface area contributed by atoms with Gasteiger partial charge in [0.25, 0.3) is 0 Å². The molecular formula is C23H19N3O2. The molecule has 0 saturated carbocycles. The predicted octanol–water partition coefficient (Wildman–Crippen LogP) is 4.02. The molecule has 5 heteroatoms. The molecule has 0 aliphatic carbocycles. The number of fused-ring (bicyclic) bond motifs is 1. The minimum Gasteiger partial charge on any atom is -0.326 e. The zero-order valence-corrected chi connectivity index (χ0v) is 15.5. The molecule has 1 aliphatic rings. The van der Waals surface area contributed by atoms with E-state index in [1.54, 1.807) is 13.1 Å². The van der Waals surface area contributed by atoms with Crippen LogP contribution in [-0.4, -0.2) is 10.5 Å². The molecular weight excluding hydrogens is 350 g/mol. The summed E-state index contributed by atoms with van der Waals surface area (Å²) in [5, 5.41) is 12.3. The first-order valence-electron chi connectivity index (χ1n) is 9.21. The summed E-state index contributed by atoms with van der Waals surface area (Å²) in [7, 11) is 0. The minimum atomic E-state index is -0.405. The van der Waals surface area contributed by atoms with Gasteiger partial charge in [-0.1, -0.05) is 24.3 Å². The summed E-state index contributed by atoms with van der Waals surface area (Å²) in [5.41, 5.74) is 5.53. The molecule has 0 radical (unpaired) electrons. The maximum atomic E-state index is 11.8. The number of pyridine rings is 1. The number of hydrogen-bond donors (Lipinski definition) is 1. The molecule has 1 unspecified atom stereocenters. The Morgan fingerprint density at radius 3 is 2.71 bits per heavy atom. The molecule has 0 spiro atoms. The predicted molar refractivity (Wildman–Crippen MR) is 108 cm³/mol. The third kappa shape index (κ3) is 3.21. The van der Waals surface area contributed by atoms with Gasteiger partial charge in [0.2, 0.25) is 5.91 Å². The van der Waals surface area contributed by atoms with E-state index < -0.39 is 5.92 Å². The zero-order chi connectivity index (χ0) is 19.7. The first kappa shape index (κ1) is 17.7. The summed E-state index contributed by atoms with van der Waals surface area (Å²) in [5.74, 6) is -0.362. The third-order valence-corrected chi connectivity index (χ3v) is 5.08. The minimum absolute atomic E-state index is 0.0433. The summed E-state index contributed by atoms with van der Waals surface area (Å²) in [4.78, 5) is 23.5. The van der Waals surface area contributed by atoms with Crippen molar-refractivity contribution in [3.8, 4) is 22.9 Å². The van der Waals surface area contributed by atoms with Gasteiger partial charge >= 0.3 is 0 Å². The van der Waals surface area contributed by atoms with Crippen molar-refractivity contribution in [2.75, 3.05) is 5.32 Å². The Labute approximate surface area is 162 Å². The van der Waals surface area contributed by atoms with E-state index in [1.807, 2.05) is 41.0 Å². The highest BCUT2D eigenvalue weighted by Gasteiger charge is 2.18. The molecule has 0 fully saturated rings. The second-order valence-corrected chi connectivity index (χ2v) is 6.94. The van der Waals surface area contributed by atoms with Gasteiger partial charge in [-0.2, -0.15) is 5.26 Å². The molecule has 4 rings (SSSR count). The van der Waals surface area contributed by atoms with E-state index >= 15 is 0 Å². The first-order chi connectivity index (χ1) is 13.6. The Bertz CT molecular complexity index is 1170. The van der Waals surface area contributed by atoms with Crippen molar-refractivity contribution in [1.29, 1.82) is 5.26 Å². The second-order valence-electron chi connectivity index (χ2n) is 6.94. The van der Waals surface area contributed by atoms with Gasteiger partial charge in [-0.25, -0.2) is 0 Å². The number of nitrogens with zero attached hydrogens (tertiary/aromatic N) is 2. The highest BCUT2D eigenvalue weighted by Crippen LogP contribution is 2.34. The van der Waals surface area contributed by atoms with Crippen LogP contribution in [0.2, 0.25) is 0 Å². The summed E-state index contributed by atoms with van der Waals surface area (Å²) in [6.45, 7) is 1.78. The van der Waals surface area contributed by atoms with Crippen molar-refractivity contribution in [3.05, 3.63) is 82.3 Å². The smallest absolute Gasteiger partial charge is 0.224 e. The molecule has 5 nitrogen and oxygen atoms in total. The molecule has 0 saturated heterocycles. The number of amides is 1. The van der Waals surface area contributed by atoms with Crippen LogP contribution in [0.15, 0.2) is 65.6 Å². The molecule has 1 aromatic heterocycles. The average Bonchev–Trinajstić information content (AvgIpc) is 2.72. The number of carbonyl (C=O) groups is 1. The van der Waals surface area contributed by atoms with Crippen LogP contribution >= 0.6 is 0 Å². The molecule has 3 aromatic rings. The summed E-state index contributed by atoms with van der Waals surface area (Å²) in [6, 6.07) is 19.1. The van der Waals surface area contributed by atoms with Crippen LogP contribution in [0, 0.1) is 11.3 Å². The van der Waals surface area contributed by atoms with Crippen LogP contribution in [-0.2, 0) is 11.2 Å². The number of nitrogens with one attached hydrogen (secondary N) is 1. The Morgan fingerprint density at radius 1 is 1.07 bits per heavy atom. The number of aromatic nitrogens is 1. The molecule has 1 amide bonds. The van der Waals surface area contributed by atoms with Crippen molar-refractivity contribution in [2.45, 2.75) is 25.7 Å². The van der Waals surface area contributed by atoms with Gasteiger partial charge in [0.1, 0.15) is 0 Å². The lowest BCUT2D eigenvalue weighted by atomic mass is 9.92. The number of hydrogen-bond acceptors (Lipinski definition) is 3. The molecule has 0 bridgehead atoms. The zero-order valence-electron chi connectivity index (χ0n) is 15.5. The standard InChI is InChI=1S/C23H19N3O2/c1-15(14-24)22-13-18(27)10-11-26(22)17-5-2-4-16(12-17)19-6-3-7-21-20(19)8-9-23(28)25-21/h2-7,10-13,15H,8-9H2,1H3,(H,25,28). The van der Waals surface area contributed by atoms with Crippen molar-refractivity contribution in [1.82, 2.24) is 4.57 Å². The van der Waals surface area contributed by atoms with Crippen molar-refractivity contribution < 1.29 is 4.79 Å². The molecule has 1 aliphatic heterocycles. The Balaban J connectivity index is 1.84. The highest BCUT2D eigenvalue weighted by atomic mass is 16.1. The van der Waals surface area contributed by atoms with Gasteiger partial charge in [-0.15, -0.1) is 0 Å². The van der Waals surface area contributed by atoms with E-state index in [1.165, 1.54) is 12.1 Å². The lowest BCUT2D eigenvalue weighted by molar-refractivity contribution is -0.116. The lowest BCUT2D eigenvalue weighted by Gasteiger charge is -2.21. The number of nitriles is 1. The van der Waals surface area contributed by atoms with E-state index in [-0.39, 0.29) is 11.3 Å². The van der Waals surface area contributed by atoms with Crippen molar-refractivity contribution in [2.24, 2.45) is 0 Å².